The van der Waals surface area contributed by atoms with Gasteiger partial charge >= 0.3 is 0 Å². The van der Waals surface area contributed by atoms with Crippen molar-refractivity contribution >= 4 is 41.3 Å². The third-order valence-corrected chi connectivity index (χ3v) is 4.91. The van der Waals surface area contributed by atoms with Gasteiger partial charge in [-0.15, -0.1) is 35.3 Å². The number of halogens is 1. The van der Waals surface area contributed by atoms with Crippen LogP contribution in [0.2, 0.25) is 0 Å². The number of aryl methyl sites for hydroxylation is 2. The lowest BCUT2D eigenvalue weighted by Crippen LogP contribution is -2.37. The summed E-state index contributed by atoms with van der Waals surface area (Å²) in [5.41, 5.74) is 2.43. The highest BCUT2D eigenvalue weighted by molar-refractivity contribution is 14.0. The second-order valence-electron chi connectivity index (χ2n) is 5.80. The molecule has 26 heavy (non-hydrogen) atoms. The van der Waals surface area contributed by atoms with Crippen LogP contribution < -0.4 is 10.6 Å². The highest BCUT2D eigenvalue weighted by atomic mass is 127. The van der Waals surface area contributed by atoms with Gasteiger partial charge in [0.15, 0.2) is 5.96 Å². The lowest BCUT2D eigenvalue weighted by Gasteiger charge is -2.11. The topological polar surface area (TPSA) is 58.5 Å². The van der Waals surface area contributed by atoms with Crippen molar-refractivity contribution in [1.29, 1.82) is 0 Å². The first-order valence-corrected chi connectivity index (χ1v) is 9.50. The van der Waals surface area contributed by atoms with E-state index in [-0.39, 0.29) is 24.0 Å². The fourth-order valence-corrected chi connectivity index (χ4v) is 3.19. The molecule has 0 amide bonds. The minimum absolute atomic E-state index is 0. The predicted molar refractivity (Wildman–Crippen MR) is 121 cm³/mol. The van der Waals surface area contributed by atoms with E-state index < -0.39 is 0 Å². The lowest BCUT2D eigenvalue weighted by molar-refractivity contribution is 0.135. The van der Waals surface area contributed by atoms with Crippen molar-refractivity contribution in [2.75, 3.05) is 26.8 Å². The molecule has 5 nitrogen and oxygen atoms in total. The fraction of sp³-hybridized carbons (Fsp3) is 0.474. The SMILES string of the molecule is CN=C(NCCCOCCc1ccccc1)NCc1nc(C)c(C)s1.I. The molecule has 2 rings (SSSR count). The van der Waals surface area contributed by atoms with Gasteiger partial charge in [-0.25, -0.2) is 4.98 Å². The average molecular weight is 488 g/mol. The Hall–Kier alpha value is -1.19. The van der Waals surface area contributed by atoms with E-state index in [0.717, 1.165) is 49.3 Å². The number of ether oxygens (including phenoxy) is 1. The van der Waals surface area contributed by atoms with E-state index in [1.165, 1.54) is 10.4 Å². The van der Waals surface area contributed by atoms with Crippen molar-refractivity contribution in [3.8, 4) is 0 Å². The van der Waals surface area contributed by atoms with E-state index in [0.29, 0.717) is 6.54 Å². The number of guanidine groups is 1. The van der Waals surface area contributed by atoms with Crippen LogP contribution >= 0.6 is 35.3 Å². The largest absolute Gasteiger partial charge is 0.381 e. The molecule has 0 unspecified atom stereocenters. The Bertz CT molecular complexity index is 641. The summed E-state index contributed by atoms with van der Waals surface area (Å²) in [6, 6.07) is 10.4. The standard InChI is InChI=1S/C19H28N4OS.HI/c1-15-16(2)25-18(23-15)14-22-19(20-3)21-11-7-12-24-13-10-17-8-5-4-6-9-17;/h4-6,8-9H,7,10-14H2,1-3H3,(H2,20,21,22);1H. The van der Waals surface area contributed by atoms with Gasteiger partial charge in [0.2, 0.25) is 0 Å². The zero-order valence-electron chi connectivity index (χ0n) is 15.7. The number of benzene rings is 1. The number of nitrogens with one attached hydrogen (secondary N) is 2. The minimum Gasteiger partial charge on any atom is -0.381 e. The summed E-state index contributed by atoms with van der Waals surface area (Å²) in [6.07, 6.45) is 1.91. The monoisotopic (exact) mass is 488 g/mol. The molecule has 1 aromatic heterocycles. The van der Waals surface area contributed by atoms with Crippen molar-refractivity contribution in [3.05, 3.63) is 51.5 Å². The van der Waals surface area contributed by atoms with Crippen LogP contribution in [0.15, 0.2) is 35.3 Å². The van der Waals surface area contributed by atoms with Crippen LogP contribution in [-0.2, 0) is 17.7 Å². The fourth-order valence-electron chi connectivity index (χ4n) is 2.31. The van der Waals surface area contributed by atoms with Crippen LogP contribution in [0, 0.1) is 13.8 Å². The van der Waals surface area contributed by atoms with Gasteiger partial charge in [0, 0.05) is 25.1 Å². The molecular weight excluding hydrogens is 459 g/mol. The van der Waals surface area contributed by atoms with Gasteiger partial charge in [-0.1, -0.05) is 30.3 Å². The van der Waals surface area contributed by atoms with E-state index >= 15 is 0 Å². The molecule has 0 aliphatic carbocycles. The highest BCUT2D eigenvalue weighted by Crippen LogP contribution is 2.15. The number of hydrogen-bond donors (Lipinski definition) is 2. The van der Waals surface area contributed by atoms with Gasteiger partial charge in [-0.05, 0) is 32.3 Å². The maximum atomic E-state index is 5.69. The van der Waals surface area contributed by atoms with E-state index in [9.17, 15) is 0 Å². The van der Waals surface area contributed by atoms with Gasteiger partial charge in [-0.3, -0.25) is 4.99 Å². The molecule has 0 spiro atoms. The quantitative estimate of drug-likeness (QED) is 0.245. The van der Waals surface area contributed by atoms with Gasteiger partial charge in [-0.2, -0.15) is 0 Å². The minimum atomic E-state index is 0. The normalized spacial score (nSPS) is 11.1. The lowest BCUT2D eigenvalue weighted by atomic mass is 10.2. The van der Waals surface area contributed by atoms with Crippen LogP contribution in [0.5, 0.6) is 0 Å². The third kappa shape index (κ3) is 8.46. The Kier molecular flexibility index (Phi) is 11.5. The maximum absolute atomic E-state index is 5.69. The molecule has 0 saturated heterocycles. The molecule has 0 radical (unpaired) electrons. The Labute approximate surface area is 177 Å². The molecule has 0 atom stereocenters. The first kappa shape index (κ1) is 22.9. The Morgan fingerprint density at radius 2 is 1.92 bits per heavy atom. The Morgan fingerprint density at radius 3 is 2.58 bits per heavy atom. The van der Waals surface area contributed by atoms with E-state index in [1.807, 2.05) is 13.0 Å². The highest BCUT2D eigenvalue weighted by Gasteiger charge is 2.04. The molecule has 144 valence electrons. The smallest absolute Gasteiger partial charge is 0.191 e. The van der Waals surface area contributed by atoms with E-state index in [4.69, 9.17) is 4.74 Å². The molecule has 0 aliphatic heterocycles. The summed E-state index contributed by atoms with van der Waals surface area (Å²) in [7, 11) is 1.78. The van der Waals surface area contributed by atoms with Gasteiger partial charge < -0.3 is 15.4 Å². The van der Waals surface area contributed by atoms with Crippen molar-refractivity contribution in [2.45, 2.75) is 33.2 Å². The first-order valence-electron chi connectivity index (χ1n) is 8.68. The number of hydrogen-bond acceptors (Lipinski definition) is 4. The number of thiazole rings is 1. The summed E-state index contributed by atoms with van der Waals surface area (Å²) >= 11 is 1.73. The number of rotatable bonds is 9. The molecule has 0 bridgehead atoms. The second-order valence-corrected chi connectivity index (χ2v) is 7.09. The number of aliphatic imine (C=N–C) groups is 1. The van der Waals surface area contributed by atoms with Crippen LogP contribution in [0.4, 0.5) is 0 Å². The van der Waals surface area contributed by atoms with Crippen molar-refractivity contribution in [2.24, 2.45) is 4.99 Å². The van der Waals surface area contributed by atoms with Crippen molar-refractivity contribution in [1.82, 2.24) is 15.6 Å². The van der Waals surface area contributed by atoms with Gasteiger partial charge in [0.1, 0.15) is 5.01 Å². The van der Waals surface area contributed by atoms with Crippen LogP contribution in [0.25, 0.3) is 0 Å². The maximum Gasteiger partial charge on any atom is 0.191 e. The third-order valence-electron chi connectivity index (χ3n) is 3.84. The Morgan fingerprint density at radius 1 is 1.15 bits per heavy atom. The van der Waals surface area contributed by atoms with Gasteiger partial charge in [0.25, 0.3) is 0 Å². The average Bonchev–Trinajstić information content (AvgIpc) is 2.95. The summed E-state index contributed by atoms with van der Waals surface area (Å²) in [6.45, 7) is 7.19. The second kappa shape index (κ2) is 13.1. The molecule has 0 saturated carbocycles. The van der Waals surface area contributed by atoms with Crippen molar-refractivity contribution in [3.63, 3.8) is 0 Å². The molecule has 0 aliphatic rings. The summed E-state index contributed by atoms with van der Waals surface area (Å²) in [5, 5.41) is 7.69. The van der Waals surface area contributed by atoms with E-state index in [2.05, 4.69) is 51.8 Å². The summed E-state index contributed by atoms with van der Waals surface area (Å²) < 4.78 is 5.69. The summed E-state index contributed by atoms with van der Waals surface area (Å²) in [4.78, 5) is 10.0. The number of nitrogens with zero attached hydrogens (tertiary/aromatic N) is 2. The van der Waals surface area contributed by atoms with Crippen LogP contribution in [-0.4, -0.2) is 37.7 Å². The molecule has 2 aromatic rings. The predicted octanol–water partition coefficient (Wildman–Crippen LogP) is 3.69. The van der Waals surface area contributed by atoms with Gasteiger partial charge in [0.05, 0.1) is 18.8 Å². The molecule has 1 heterocycles. The number of aromatic nitrogens is 1. The van der Waals surface area contributed by atoms with Crippen LogP contribution in [0.3, 0.4) is 0 Å². The molecule has 0 fully saturated rings. The molecular formula is C19H29IN4OS. The van der Waals surface area contributed by atoms with Crippen molar-refractivity contribution < 1.29 is 4.74 Å². The zero-order valence-corrected chi connectivity index (χ0v) is 18.9. The molecule has 2 N–H and O–H groups in total. The molecule has 1 aromatic carbocycles. The summed E-state index contributed by atoms with van der Waals surface area (Å²) in [5.74, 6) is 0.801. The first-order chi connectivity index (χ1) is 12.2. The zero-order chi connectivity index (χ0) is 17.9. The van der Waals surface area contributed by atoms with E-state index in [1.54, 1.807) is 18.4 Å². The Balaban J connectivity index is 0.00000338. The molecule has 7 heteroatoms. The van der Waals surface area contributed by atoms with Crippen LogP contribution in [0.1, 0.15) is 27.6 Å².